The number of rotatable bonds is 8. The van der Waals surface area contributed by atoms with Crippen LogP contribution in [0.5, 0.6) is 5.75 Å². The topological polar surface area (TPSA) is 71.5 Å². The summed E-state index contributed by atoms with van der Waals surface area (Å²) in [5.74, 6) is 0.406. The van der Waals surface area contributed by atoms with E-state index in [1.165, 1.54) is 6.20 Å². The zero-order valence-corrected chi connectivity index (χ0v) is 15.5. The molecule has 0 atom stereocenters. The number of carbonyl (C=O) groups is 2. The second-order valence-electron chi connectivity index (χ2n) is 5.76. The first-order valence-corrected chi connectivity index (χ1v) is 8.75. The van der Waals surface area contributed by atoms with Crippen molar-refractivity contribution in [3.05, 3.63) is 59.4 Å². The number of hydrogen-bond acceptors (Lipinski definition) is 4. The zero-order chi connectivity index (χ0) is 18.9. The molecule has 1 heterocycles. The smallest absolute Gasteiger partial charge is 0.269 e. The molecular formula is C20H25N3O3. The zero-order valence-electron chi connectivity index (χ0n) is 15.5. The Labute approximate surface area is 154 Å². The van der Waals surface area contributed by atoms with Gasteiger partial charge in [0.25, 0.3) is 11.8 Å². The quantitative estimate of drug-likeness (QED) is 0.790. The highest BCUT2D eigenvalue weighted by Crippen LogP contribution is 2.12. The SMILES string of the molecule is CCN(CC)C(=O)c1ccnc(C(=O)NCCc2cccc(OC)c2)c1. The lowest BCUT2D eigenvalue weighted by Crippen LogP contribution is -2.31. The maximum Gasteiger partial charge on any atom is 0.269 e. The normalized spacial score (nSPS) is 10.3. The third kappa shape index (κ3) is 5.05. The number of hydrogen-bond donors (Lipinski definition) is 1. The fourth-order valence-electron chi connectivity index (χ4n) is 2.62. The summed E-state index contributed by atoms with van der Waals surface area (Å²) in [7, 11) is 1.62. The fourth-order valence-corrected chi connectivity index (χ4v) is 2.62. The third-order valence-corrected chi connectivity index (χ3v) is 4.12. The maximum atomic E-state index is 12.4. The van der Waals surface area contributed by atoms with Crippen molar-refractivity contribution in [1.82, 2.24) is 15.2 Å². The van der Waals surface area contributed by atoms with Crippen molar-refractivity contribution in [3.8, 4) is 5.75 Å². The molecule has 26 heavy (non-hydrogen) atoms. The monoisotopic (exact) mass is 355 g/mol. The molecule has 1 aromatic heterocycles. The van der Waals surface area contributed by atoms with E-state index in [1.807, 2.05) is 38.1 Å². The number of carbonyl (C=O) groups excluding carboxylic acids is 2. The van der Waals surface area contributed by atoms with Gasteiger partial charge in [0.2, 0.25) is 0 Å². The number of nitrogens with zero attached hydrogens (tertiary/aromatic N) is 2. The number of pyridine rings is 1. The number of ether oxygens (including phenoxy) is 1. The maximum absolute atomic E-state index is 12.4. The first-order chi connectivity index (χ1) is 12.6. The van der Waals surface area contributed by atoms with Crippen molar-refractivity contribution in [1.29, 1.82) is 0 Å². The first-order valence-electron chi connectivity index (χ1n) is 8.75. The highest BCUT2D eigenvalue weighted by atomic mass is 16.5. The summed E-state index contributed by atoms with van der Waals surface area (Å²) in [6, 6.07) is 10.9. The van der Waals surface area contributed by atoms with Crippen molar-refractivity contribution in [2.24, 2.45) is 0 Å². The molecule has 0 spiro atoms. The van der Waals surface area contributed by atoms with E-state index in [-0.39, 0.29) is 17.5 Å². The van der Waals surface area contributed by atoms with Crippen LogP contribution in [0.1, 0.15) is 40.3 Å². The lowest BCUT2D eigenvalue weighted by molar-refractivity contribution is 0.0773. The van der Waals surface area contributed by atoms with Gasteiger partial charge in [-0.25, -0.2) is 0 Å². The van der Waals surface area contributed by atoms with E-state index in [9.17, 15) is 9.59 Å². The summed E-state index contributed by atoms with van der Waals surface area (Å²) < 4.78 is 5.19. The minimum atomic E-state index is -0.290. The third-order valence-electron chi connectivity index (χ3n) is 4.12. The molecule has 0 saturated carbocycles. The molecule has 0 saturated heterocycles. The molecule has 138 valence electrons. The van der Waals surface area contributed by atoms with Crippen LogP contribution in [0.4, 0.5) is 0 Å². The molecule has 2 aromatic rings. The van der Waals surface area contributed by atoms with Crippen molar-refractivity contribution >= 4 is 11.8 Å². The van der Waals surface area contributed by atoms with Gasteiger partial charge in [-0.15, -0.1) is 0 Å². The highest BCUT2D eigenvalue weighted by molar-refractivity contribution is 5.98. The Bertz CT molecular complexity index is 757. The lowest BCUT2D eigenvalue weighted by Gasteiger charge is -2.18. The largest absolute Gasteiger partial charge is 0.497 e. The molecule has 1 N–H and O–H groups in total. The average Bonchev–Trinajstić information content (AvgIpc) is 2.69. The van der Waals surface area contributed by atoms with Gasteiger partial charge in [0.1, 0.15) is 11.4 Å². The van der Waals surface area contributed by atoms with Crippen LogP contribution < -0.4 is 10.1 Å². The first kappa shape index (κ1) is 19.4. The summed E-state index contributed by atoms with van der Waals surface area (Å²) in [4.78, 5) is 30.5. The molecule has 0 unspecified atom stereocenters. The Morgan fingerprint density at radius 1 is 1.15 bits per heavy atom. The van der Waals surface area contributed by atoms with Crippen molar-refractivity contribution < 1.29 is 14.3 Å². The number of benzene rings is 1. The van der Waals surface area contributed by atoms with Crippen LogP contribution in [0, 0.1) is 0 Å². The molecule has 0 aliphatic carbocycles. The van der Waals surface area contributed by atoms with E-state index >= 15 is 0 Å². The number of methoxy groups -OCH3 is 1. The predicted octanol–water partition coefficient (Wildman–Crippen LogP) is 2.54. The van der Waals surface area contributed by atoms with Crippen LogP contribution in [-0.2, 0) is 6.42 Å². The van der Waals surface area contributed by atoms with Crippen molar-refractivity contribution in [3.63, 3.8) is 0 Å². The van der Waals surface area contributed by atoms with Crippen LogP contribution in [0.2, 0.25) is 0 Å². The van der Waals surface area contributed by atoms with Gasteiger partial charge in [0.15, 0.2) is 0 Å². The number of amides is 2. The molecule has 0 radical (unpaired) electrons. The van der Waals surface area contributed by atoms with Crippen LogP contribution in [0.15, 0.2) is 42.6 Å². The summed E-state index contributed by atoms with van der Waals surface area (Å²) in [6.45, 7) is 5.57. The minimum Gasteiger partial charge on any atom is -0.497 e. The van der Waals surface area contributed by atoms with Gasteiger partial charge in [-0.05, 0) is 50.1 Å². The second-order valence-corrected chi connectivity index (χ2v) is 5.76. The lowest BCUT2D eigenvalue weighted by atomic mass is 10.1. The van der Waals surface area contributed by atoms with Crippen molar-refractivity contribution in [2.45, 2.75) is 20.3 Å². The van der Waals surface area contributed by atoms with E-state index in [1.54, 1.807) is 24.1 Å². The molecule has 0 bridgehead atoms. The van der Waals surface area contributed by atoms with Gasteiger partial charge in [0.05, 0.1) is 7.11 Å². The van der Waals surface area contributed by atoms with Crippen LogP contribution >= 0.6 is 0 Å². The Balaban J connectivity index is 1.97. The molecule has 2 amide bonds. The standard InChI is InChI=1S/C20H25N3O3/c1-4-23(5-2)20(25)16-10-12-21-18(14-16)19(24)22-11-9-15-7-6-8-17(13-15)26-3/h6-8,10,12-14H,4-5,9,11H2,1-3H3,(H,22,24). The van der Waals surface area contributed by atoms with Crippen LogP contribution in [-0.4, -0.2) is 48.4 Å². The molecule has 6 heteroatoms. The minimum absolute atomic E-state index is 0.0946. The Kier molecular flexibility index (Phi) is 7.14. The highest BCUT2D eigenvalue weighted by Gasteiger charge is 2.15. The van der Waals surface area contributed by atoms with Crippen LogP contribution in [0.3, 0.4) is 0 Å². The van der Waals surface area contributed by atoms with E-state index in [0.717, 1.165) is 11.3 Å². The second kappa shape index (κ2) is 9.56. The molecule has 0 aliphatic rings. The molecule has 6 nitrogen and oxygen atoms in total. The summed E-state index contributed by atoms with van der Waals surface area (Å²) in [5, 5.41) is 2.84. The van der Waals surface area contributed by atoms with Gasteiger partial charge >= 0.3 is 0 Å². The molecule has 2 rings (SSSR count). The van der Waals surface area contributed by atoms with Gasteiger partial charge in [-0.1, -0.05) is 12.1 Å². The fraction of sp³-hybridized carbons (Fsp3) is 0.350. The Hall–Kier alpha value is -2.89. The molecule has 0 aliphatic heterocycles. The van der Waals surface area contributed by atoms with Gasteiger partial charge in [-0.2, -0.15) is 0 Å². The molecular weight excluding hydrogens is 330 g/mol. The number of nitrogens with one attached hydrogen (secondary N) is 1. The molecule has 0 fully saturated rings. The Morgan fingerprint density at radius 3 is 2.62 bits per heavy atom. The Morgan fingerprint density at radius 2 is 1.92 bits per heavy atom. The average molecular weight is 355 g/mol. The summed E-state index contributed by atoms with van der Waals surface area (Å²) in [5.41, 5.74) is 1.79. The predicted molar refractivity (Wildman–Crippen MR) is 101 cm³/mol. The van der Waals surface area contributed by atoms with E-state index in [0.29, 0.717) is 31.6 Å². The van der Waals surface area contributed by atoms with E-state index in [2.05, 4.69) is 10.3 Å². The van der Waals surface area contributed by atoms with Crippen LogP contribution in [0.25, 0.3) is 0 Å². The van der Waals surface area contributed by atoms with E-state index in [4.69, 9.17) is 4.74 Å². The summed E-state index contributed by atoms with van der Waals surface area (Å²) >= 11 is 0. The summed E-state index contributed by atoms with van der Waals surface area (Å²) in [6.07, 6.45) is 2.18. The molecule has 1 aromatic carbocycles. The van der Waals surface area contributed by atoms with Gasteiger partial charge < -0.3 is 15.0 Å². The number of aromatic nitrogens is 1. The van der Waals surface area contributed by atoms with Crippen molar-refractivity contribution in [2.75, 3.05) is 26.7 Å². The van der Waals surface area contributed by atoms with E-state index < -0.39 is 0 Å². The van der Waals surface area contributed by atoms with Gasteiger partial charge in [-0.3, -0.25) is 14.6 Å². The van der Waals surface area contributed by atoms with Gasteiger partial charge in [0, 0.05) is 31.4 Å².